The smallest absolute Gasteiger partial charge is 0.426 e. The number of hydrogen-bond acceptors (Lipinski definition) is 3. The predicted molar refractivity (Wildman–Crippen MR) is 106 cm³/mol. The van der Waals surface area contributed by atoms with Crippen LogP contribution in [0.2, 0.25) is 0 Å². The lowest BCUT2D eigenvalue weighted by Gasteiger charge is -2.14. The molecule has 2 nitrogen and oxygen atoms in total. The standard InChI is InChI=1S/C22H19F5O2S/c1-3-4-13-9-18(23)20(19(24)10-13)29-11-16-17(12-30-21(16)22(25,26)27)14-5-7-15(28-2)8-6-14/h5-10,12H,3-4,11H2,1-2H3. The summed E-state index contributed by atoms with van der Waals surface area (Å²) in [6.07, 6.45) is -3.43. The molecule has 8 heteroatoms. The Kier molecular flexibility index (Phi) is 6.65. The Labute approximate surface area is 174 Å². The highest BCUT2D eigenvalue weighted by atomic mass is 32.1. The monoisotopic (exact) mass is 442 g/mol. The van der Waals surface area contributed by atoms with E-state index >= 15 is 0 Å². The van der Waals surface area contributed by atoms with Gasteiger partial charge < -0.3 is 9.47 Å². The van der Waals surface area contributed by atoms with Gasteiger partial charge in [0.1, 0.15) is 17.2 Å². The van der Waals surface area contributed by atoms with Crippen LogP contribution in [-0.2, 0) is 19.2 Å². The van der Waals surface area contributed by atoms with E-state index in [1.54, 1.807) is 24.3 Å². The summed E-state index contributed by atoms with van der Waals surface area (Å²) in [7, 11) is 1.48. The van der Waals surface area contributed by atoms with Gasteiger partial charge in [0.25, 0.3) is 0 Å². The van der Waals surface area contributed by atoms with Crippen LogP contribution in [0, 0.1) is 11.6 Å². The van der Waals surface area contributed by atoms with E-state index in [1.165, 1.54) is 12.5 Å². The van der Waals surface area contributed by atoms with Gasteiger partial charge in [0.05, 0.1) is 7.11 Å². The van der Waals surface area contributed by atoms with Gasteiger partial charge in [0, 0.05) is 5.56 Å². The summed E-state index contributed by atoms with van der Waals surface area (Å²) >= 11 is 0.517. The SMILES string of the molecule is CCCc1cc(F)c(OCc2c(-c3ccc(OC)cc3)csc2C(F)(F)F)c(F)c1. The molecule has 3 rings (SSSR count). The van der Waals surface area contributed by atoms with E-state index < -0.39 is 35.0 Å². The minimum absolute atomic E-state index is 0.172. The van der Waals surface area contributed by atoms with Crippen molar-refractivity contribution in [2.45, 2.75) is 32.5 Å². The number of benzene rings is 2. The third kappa shape index (κ3) is 4.75. The topological polar surface area (TPSA) is 18.5 Å². The first kappa shape index (κ1) is 22.1. The zero-order valence-electron chi connectivity index (χ0n) is 16.3. The molecule has 1 aromatic heterocycles. The number of ether oxygens (including phenoxy) is 2. The normalized spacial score (nSPS) is 11.6. The van der Waals surface area contributed by atoms with E-state index in [4.69, 9.17) is 9.47 Å². The van der Waals surface area contributed by atoms with Crippen molar-refractivity contribution >= 4 is 11.3 Å². The van der Waals surface area contributed by atoms with Gasteiger partial charge in [-0.3, -0.25) is 0 Å². The maximum atomic E-state index is 14.3. The van der Waals surface area contributed by atoms with Crippen LogP contribution in [0.15, 0.2) is 41.8 Å². The summed E-state index contributed by atoms with van der Waals surface area (Å²) < 4.78 is 79.4. The van der Waals surface area contributed by atoms with Gasteiger partial charge in [-0.1, -0.05) is 25.5 Å². The van der Waals surface area contributed by atoms with Crippen LogP contribution in [0.3, 0.4) is 0 Å². The molecule has 0 aliphatic rings. The third-order valence-electron chi connectivity index (χ3n) is 4.51. The third-order valence-corrected chi connectivity index (χ3v) is 5.58. The fourth-order valence-corrected chi connectivity index (χ4v) is 4.06. The minimum atomic E-state index is -4.61. The first-order valence-corrected chi connectivity index (χ1v) is 10.0. The number of hydrogen-bond donors (Lipinski definition) is 0. The molecular formula is C22H19F5O2S. The van der Waals surface area contributed by atoms with E-state index in [0.29, 0.717) is 46.6 Å². The molecule has 0 aliphatic carbocycles. The molecule has 0 aliphatic heterocycles. The van der Waals surface area contributed by atoms with Gasteiger partial charge in [0.2, 0.25) is 0 Å². The fraction of sp³-hybridized carbons (Fsp3) is 0.273. The van der Waals surface area contributed by atoms with Crippen LogP contribution < -0.4 is 9.47 Å². The van der Waals surface area contributed by atoms with Crippen molar-refractivity contribution in [1.82, 2.24) is 0 Å². The average Bonchev–Trinajstić information content (AvgIpc) is 3.12. The van der Waals surface area contributed by atoms with Gasteiger partial charge in [0.15, 0.2) is 17.4 Å². The molecule has 2 aromatic carbocycles. The molecule has 1 heterocycles. The summed E-state index contributed by atoms with van der Waals surface area (Å²) in [6.45, 7) is 1.25. The Morgan fingerprint density at radius 2 is 1.63 bits per heavy atom. The number of alkyl halides is 3. The first-order valence-electron chi connectivity index (χ1n) is 9.17. The Morgan fingerprint density at radius 3 is 2.17 bits per heavy atom. The molecule has 3 aromatic rings. The second-order valence-electron chi connectivity index (χ2n) is 6.61. The molecule has 0 saturated heterocycles. The quantitative estimate of drug-likeness (QED) is 0.359. The highest BCUT2D eigenvalue weighted by molar-refractivity contribution is 7.10. The molecular weight excluding hydrogens is 423 g/mol. The summed E-state index contributed by atoms with van der Waals surface area (Å²) in [4.78, 5) is -0.864. The van der Waals surface area contributed by atoms with Gasteiger partial charge in [-0.25, -0.2) is 8.78 Å². The zero-order chi connectivity index (χ0) is 21.9. The molecule has 0 N–H and O–H groups in total. The van der Waals surface area contributed by atoms with E-state index in [0.717, 1.165) is 12.1 Å². The predicted octanol–water partition coefficient (Wildman–Crippen LogP) is 7.25. The maximum Gasteiger partial charge on any atom is 0.426 e. The summed E-state index contributed by atoms with van der Waals surface area (Å²) in [5.41, 5.74) is 1.10. The van der Waals surface area contributed by atoms with Gasteiger partial charge >= 0.3 is 6.18 Å². The zero-order valence-corrected chi connectivity index (χ0v) is 17.1. The molecule has 0 bridgehead atoms. The highest BCUT2D eigenvalue weighted by Gasteiger charge is 2.37. The number of rotatable bonds is 7. The van der Waals surface area contributed by atoms with Gasteiger partial charge in [-0.05, 0) is 52.8 Å². The Balaban J connectivity index is 1.95. The second-order valence-corrected chi connectivity index (χ2v) is 7.49. The molecule has 0 spiro atoms. The number of halogens is 5. The van der Waals surface area contributed by atoms with E-state index in [-0.39, 0.29) is 5.56 Å². The lowest BCUT2D eigenvalue weighted by molar-refractivity contribution is -0.135. The second kappa shape index (κ2) is 9.04. The summed E-state index contributed by atoms with van der Waals surface area (Å²) in [6, 6.07) is 8.76. The first-order chi connectivity index (χ1) is 14.2. The average molecular weight is 442 g/mol. The van der Waals surface area contributed by atoms with E-state index in [2.05, 4.69) is 0 Å². The Morgan fingerprint density at radius 1 is 1.00 bits per heavy atom. The van der Waals surface area contributed by atoms with Gasteiger partial charge in [-0.15, -0.1) is 11.3 Å². The molecule has 30 heavy (non-hydrogen) atoms. The van der Waals surface area contributed by atoms with Crippen molar-refractivity contribution in [3.8, 4) is 22.6 Å². The molecule has 0 radical (unpaired) electrons. The van der Waals surface area contributed by atoms with Crippen molar-refractivity contribution in [1.29, 1.82) is 0 Å². The van der Waals surface area contributed by atoms with Crippen molar-refractivity contribution in [2.24, 2.45) is 0 Å². The van der Waals surface area contributed by atoms with Crippen LogP contribution in [0.4, 0.5) is 22.0 Å². The van der Waals surface area contributed by atoms with Crippen LogP contribution in [0.1, 0.15) is 29.3 Å². The van der Waals surface area contributed by atoms with Crippen molar-refractivity contribution in [3.63, 3.8) is 0 Å². The van der Waals surface area contributed by atoms with Crippen molar-refractivity contribution in [3.05, 3.63) is 69.4 Å². The fourth-order valence-electron chi connectivity index (χ4n) is 3.10. The largest absolute Gasteiger partial charge is 0.497 e. The Hall–Kier alpha value is -2.61. The number of methoxy groups -OCH3 is 1. The van der Waals surface area contributed by atoms with Gasteiger partial charge in [-0.2, -0.15) is 13.2 Å². The van der Waals surface area contributed by atoms with E-state index in [1.807, 2.05) is 6.92 Å². The molecule has 0 amide bonds. The maximum absolute atomic E-state index is 14.3. The molecule has 0 unspecified atom stereocenters. The highest BCUT2D eigenvalue weighted by Crippen LogP contribution is 2.42. The summed E-state index contributed by atoms with van der Waals surface area (Å²) in [5.74, 6) is -2.00. The van der Waals surface area contributed by atoms with Crippen molar-refractivity contribution in [2.75, 3.05) is 7.11 Å². The molecule has 0 fully saturated rings. The minimum Gasteiger partial charge on any atom is -0.497 e. The summed E-state index contributed by atoms with van der Waals surface area (Å²) in [5, 5.41) is 1.36. The van der Waals surface area contributed by atoms with Crippen LogP contribution in [-0.4, -0.2) is 7.11 Å². The molecule has 0 atom stereocenters. The van der Waals surface area contributed by atoms with Crippen LogP contribution >= 0.6 is 11.3 Å². The van der Waals surface area contributed by atoms with E-state index in [9.17, 15) is 22.0 Å². The van der Waals surface area contributed by atoms with Crippen molar-refractivity contribution < 1.29 is 31.4 Å². The number of aryl methyl sites for hydroxylation is 1. The number of thiophene rings is 1. The Bertz CT molecular complexity index is 986. The lowest BCUT2D eigenvalue weighted by atomic mass is 10.0. The van der Waals surface area contributed by atoms with Crippen LogP contribution in [0.25, 0.3) is 11.1 Å². The lowest BCUT2D eigenvalue weighted by Crippen LogP contribution is -2.09. The molecule has 0 saturated carbocycles. The van der Waals surface area contributed by atoms with Crippen LogP contribution in [0.5, 0.6) is 11.5 Å². The molecule has 160 valence electrons.